The minimum atomic E-state index is -0.267. The fourth-order valence-electron chi connectivity index (χ4n) is 4.42. The molecule has 0 amide bonds. The van der Waals surface area contributed by atoms with Crippen molar-refractivity contribution in [1.82, 2.24) is 4.57 Å². The SMILES string of the molecule is N#Cc1ccc2c(cc(C3CCOCC3)n2-c2ccc(F)cc2)c1OCc1ccccc1. The number of rotatable bonds is 5. The van der Waals surface area contributed by atoms with Crippen LogP contribution in [0.15, 0.2) is 72.8 Å². The van der Waals surface area contributed by atoms with Gasteiger partial charge < -0.3 is 14.0 Å². The van der Waals surface area contributed by atoms with Crippen LogP contribution in [0, 0.1) is 17.1 Å². The summed E-state index contributed by atoms with van der Waals surface area (Å²) >= 11 is 0. The molecule has 1 aliphatic rings. The quantitative estimate of drug-likeness (QED) is 0.387. The molecule has 0 bridgehead atoms. The van der Waals surface area contributed by atoms with Gasteiger partial charge in [0.2, 0.25) is 0 Å². The standard InChI is InChI=1S/C27H23FN2O2/c28-22-7-9-23(10-8-22)30-25-11-6-21(17-29)27(32-18-19-4-2-1-3-5-19)24(25)16-26(30)20-12-14-31-15-13-20/h1-11,16,20H,12-15,18H2. The number of hydrogen-bond acceptors (Lipinski definition) is 3. The zero-order valence-corrected chi connectivity index (χ0v) is 17.6. The Morgan fingerprint density at radius 3 is 2.47 bits per heavy atom. The van der Waals surface area contributed by atoms with E-state index in [4.69, 9.17) is 9.47 Å². The predicted molar refractivity (Wildman–Crippen MR) is 122 cm³/mol. The molecule has 160 valence electrons. The van der Waals surface area contributed by atoms with Crippen molar-refractivity contribution in [3.05, 3.63) is 95.4 Å². The number of aromatic nitrogens is 1. The lowest BCUT2D eigenvalue weighted by atomic mass is 9.96. The maximum atomic E-state index is 13.6. The van der Waals surface area contributed by atoms with Crippen molar-refractivity contribution < 1.29 is 13.9 Å². The van der Waals surface area contributed by atoms with Crippen molar-refractivity contribution in [1.29, 1.82) is 5.26 Å². The van der Waals surface area contributed by atoms with E-state index in [0.29, 0.717) is 23.8 Å². The lowest BCUT2D eigenvalue weighted by Gasteiger charge is -2.24. The third kappa shape index (κ3) is 3.86. The van der Waals surface area contributed by atoms with Gasteiger partial charge in [0.15, 0.2) is 0 Å². The number of nitrogens with zero attached hydrogens (tertiary/aromatic N) is 2. The summed E-state index contributed by atoms with van der Waals surface area (Å²) in [6, 6.07) is 24.6. The maximum Gasteiger partial charge on any atom is 0.146 e. The molecule has 0 saturated carbocycles. The van der Waals surface area contributed by atoms with E-state index < -0.39 is 0 Å². The first-order valence-corrected chi connectivity index (χ1v) is 10.8. The molecule has 0 aliphatic carbocycles. The number of hydrogen-bond donors (Lipinski definition) is 0. The summed E-state index contributed by atoms with van der Waals surface area (Å²) in [6.45, 7) is 1.82. The fourth-order valence-corrected chi connectivity index (χ4v) is 4.42. The molecule has 5 rings (SSSR count). The Labute approximate surface area is 186 Å². The number of nitriles is 1. The summed E-state index contributed by atoms with van der Waals surface area (Å²) in [5.74, 6) is 0.633. The molecule has 4 aromatic rings. The average Bonchev–Trinajstić information content (AvgIpc) is 3.24. The predicted octanol–water partition coefficient (Wildman–Crippen LogP) is 6.11. The summed E-state index contributed by atoms with van der Waals surface area (Å²) in [5, 5.41) is 10.6. The topological polar surface area (TPSA) is 47.2 Å². The Hall–Kier alpha value is -3.62. The smallest absolute Gasteiger partial charge is 0.146 e. The largest absolute Gasteiger partial charge is 0.487 e. The van der Waals surface area contributed by atoms with Gasteiger partial charge in [-0.1, -0.05) is 30.3 Å². The summed E-state index contributed by atoms with van der Waals surface area (Å²) in [4.78, 5) is 0. The minimum Gasteiger partial charge on any atom is -0.487 e. The van der Waals surface area contributed by atoms with Gasteiger partial charge in [-0.3, -0.25) is 0 Å². The van der Waals surface area contributed by atoms with E-state index in [1.54, 1.807) is 18.2 Å². The highest BCUT2D eigenvalue weighted by atomic mass is 19.1. The van der Waals surface area contributed by atoms with Gasteiger partial charge in [-0.25, -0.2) is 4.39 Å². The monoisotopic (exact) mass is 426 g/mol. The highest BCUT2D eigenvalue weighted by Crippen LogP contribution is 2.39. The van der Waals surface area contributed by atoms with Gasteiger partial charge in [0, 0.05) is 35.9 Å². The van der Waals surface area contributed by atoms with Crippen molar-refractivity contribution >= 4 is 10.9 Å². The van der Waals surface area contributed by atoms with Crippen LogP contribution in [0.5, 0.6) is 5.75 Å². The molecule has 3 aromatic carbocycles. The lowest BCUT2D eigenvalue weighted by molar-refractivity contribution is 0.0842. The number of halogens is 1. The van der Waals surface area contributed by atoms with Crippen molar-refractivity contribution in [3.63, 3.8) is 0 Å². The van der Waals surface area contributed by atoms with E-state index in [1.165, 1.54) is 12.1 Å². The number of fused-ring (bicyclic) bond motifs is 1. The molecule has 1 aromatic heterocycles. The highest BCUT2D eigenvalue weighted by Gasteiger charge is 2.24. The maximum absolute atomic E-state index is 13.6. The van der Waals surface area contributed by atoms with Crippen LogP contribution in [0.1, 0.15) is 35.6 Å². The molecule has 0 N–H and O–H groups in total. The molecule has 0 atom stereocenters. The van der Waals surface area contributed by atoms with Gasteiger partial charge in [0.05, 0.1) is 11.1 Å². The van der Waals surface area contributed by atoms with E-state index in [1.807, 2.05) is 36.4 Å². The van der Waals surface area contributed by atoms with Crippen LogP contribution >= 0.6 is 0 Å². The Bertz CT molecular complexity index is 1270. The highest BCUT2D eigenvalue weighted by molar-refractivity contribution is 5.91. The van der Waals surface area contributed by atoms with Gasteiger partial charge in [-0.2, -0.15) is 5.26 Å². The first kappa shape index (κ1) is 20.3. The van der Waals surface area contributed by atoms with Crippen LogP contribution in [0.2, 0.25) is 0 Å². The second-order valence-corrected chi connectivity index (χ2v) is 8.03. The second kappa shape index (κ2) is 8.86. The van der Waals surface area contributed by atoms with Crippen LogP contribution < -0.4 is 4.74 Å². The van der Waals surface area contributed by atoms with E-state index in [0.717, 1.165) is 53.9 Å². The number of benzene rings is 3. The van der Waals surface area contributed by atoms with Gasteiger partial charge in [0.25, 0.3) is 0 Å². The minimum absolute atomic E-state index is 0.267. The Morgan fingerprint density at radius 2 is 1.75 bits per heavy atom. The molecule has 1 fully saturated rings. The Balaban J connectivity index is 1.66. The third-order valence-corrected chi connectivity index (χ3v) is 6.04. The normalized spacial score (nSPS) is 14.4. The molecule has 0 unspecified atom stereocenters. The van der Waals surface area contributed by atoms with Gasteiger partial charge in [-0.05, 0) is 60.9 Å². The van der Waals surface area contributed by atoms with Crippen molar-refractivity contribution in [2.75, 3.05) is 13.2 Å². The van der Waals surface area contributed by atoms with Crippen LogP contribution in [-0.4, -0.2) is 17.8 Å². The number of ether oxygens (including phenoxy) is 2. The molecule has 32 heavy (non-hydrogen) atoms. The van der Waals surface area contributed by atoms with Crippen LogP contribution in [-0.2, 0) is 11.3 Å². The molecular formula is C27H23FN2O2. The van der Waals surface area contributed by atoms with Crippen molar-refractivity contribution in [3.8, 4) is 17.5 Å². The van der Waals surface area contributed by atoms with Gasteiger partial charge in [-0.15, -0.1) is 0 Å². The fraction of sp³-hybridized carbons (Fsp3) is 0.222. The molecule has 1 aliphatic heterocycles. The molecule has 0 radical (unpaired) electrons. The lowest BCUT2D eigenvalue weighted by Crippen LogP contribution is -2.16. The first-order chi connectivity index (χ1) is 15.7. The van der Waals surface area contributed by atoms with Crippen LogP contribution in [0.3, 0.4) is 0 Å². The van der Waals surface area contributed by atoms with Crippen LogP contribution in [0.25, 0.3) is 16.6 Å². The average molecular weight is 426 g/mol. The third-order valence-electron chi connectivity index (χ3n) is 6.04. The molecule has 1 saturated heterocycles. The summed E-state index contributed by atoms with van der Waals surface area (Å²) in [6.07, 6.45) is 1.84. The van der Waals surface area contributed by atoms with Gasteiger partial charge in [0.1, 0.15) is 24.2 Å². The first-order valence-electron chi connectivity index (χ1n) is 10.8. The van der Waals surface area contributed by atoms with E-state index in [2.05, 4.69) is 16.7 Å². The van der Waals surface area contributed by atoms with Crippen LogP contribution in [0.4, 0.5) is 4.39 Å². The van der Waals surface area contributed by atoms with E-state index >= 15 is 0 Å². The summed E-state index contributed by atoms with van der Waals surface area (Å²) in [7, 11) is 0. The summed E-state index contributed by atoms with van der Waals surface area (Å²) < 4.78 is 27.6. The Morgan fingerprint density at radius 1 is 1.00 bits per heavy atom. The zero-order valence-electron chi connectivity index (χ0n) is 17.6. The van der Waals surface area contributed by atoms with Crippen molar-refractivity contribution in [2.24, 2.45) is 0 Å². The van der Waals surface area contributed by atoms with E-state index in [9.17, 15) is 9.65 Å². The van der Waals surface area contributed by atoms with Crippen molar-refractivity contribution in [2.45, 2.75) is 25.4 Å². The molecule has 4 nitrogen and oxygen atoms in total. The molecule has 0 spiro atoms. The van der Waals surface area contributed by atoms with Gasteiger partial charge >= 0.3 is 0 Å². The second-order valence-electron chi connectivity index (χ2n) is 8.03. The summed E-state index contributed by atoms with van der Waals surface area (Å²) in [5.41, 5.74) is 4.51. The molecule has 2 heterocycles. The molecule has 5 heteroatoms. The molecular weight excluding hydrogens is 403 g/mol. The Kier molecular flexibility index (Phi) is 5.62. The van der Waals surface area contributed by atoms with E-state index in [-0.39, 0.29) is 5.82 Å². The zero-order chi connectivity index (χ0) is 21.9.